The molecule has 174 valence electrons. The zero-order valence-electron chi connectivity index (χ0n) is 18.8. The Bertz CT molecular complexity index is 1000. The smallest absolute Gasteiger partial charge is 0.295 e. The summed E-state index contributed by atoms with van der Waals surface area (Å²) in [5.74, 6) is -0.751. The molecule has 2 fully saturated rings. The number of ketones is 1. The van der Waals surface area contributed by atoms with E-state index < -0.39 is 17.7 Å². The molecular weight excluding hydrogens is 422 g/mol. The van der Waals surface area contributed by atoms with Crippen molar-refractivity contribution in [3.8, 4) is 5.75 Å². The summed E-state index contributed by atoms with van der Waals surface area (Å²) in [7, 11) is 0. The Balaban J connectivity index is 1.68. The van der Waals surface area contributed by atoms with Crippen LogP contribution in [0.3, 0.4) is 0 Å². The number of likely N-dealkylation sites (tertiary alicyclic amines) is 1. The Labute approximate surface area is 193 Å². The number of benzene rings is 1. The third-order valence-corrected chi connectivity index (χ3v) is 5.92. The lowest BCUT2D eigenvalue weighted by atomic mass is 9.95. The molecule has 1 amide bonds. The van der Waals surface area contributed by atoms with Crippen LogP contribution in [0.2, 0.25) is 0 Å². The summed E-state index contributed by atoms with van der Waals surface area (Å²) in [4.78, 5) is 33.9. The number of nitrogens with zero attached hydrogens (tertiary/aromatic N) is 3. The normalized spacial score (nSPS) is 20.9. The number of carbonyl (C=O) groups excluding carboxylic acids is 2. The summed E-state index contributed by atoms with van der Waals surface area (Å²) in [5, 5.41) is 11.0. The molecule has 1 N–H and O–H groups in total. The number of carbonyl (C=O) groups is 2. The van der Waals surface area contributed by atoms with Gasteiger partial charge in [0.15, 0.2) is 0 Å². The van der Waals surface area contributed by atoms with Gasteiger partial charge in [0.2, 0.25) is 0 Å². The van der Waals surface area contributed by atoms with Crippen molar-refractivity contribution in [3.05, 3.63) is 65.5 Å². The van der Waals surface area contributed by atoms with Gasteiger partial charge >= 0.3 is 0 Å². The summed E-state index contributed by atoms with van der Waals surface area (Å²) < 4.78 is 11.1. The molecule has 0 aliphatic carbocycles. The first-order valence-corrected chi connectivity index (χ1v) is 11.3. The number of Topliss-reactive ketones (excluding diaryl/α,β-unsaturated/α-hetero) is 1. The Morgan fingerprint density at radius 3 is 2.45 bits per heavy atom. The van der Waals surface area contributed by atoms with Gasteiger partial charge in [-0.25, -0.2) is 0 Å². The van der Waals surface area contributed by atoms with Crippen LogP contribution in [0.4, 0.5) is 0 Å². The molecule has 0 spiro atoms. The third-order valence-electron chi connectivity index (χ3n) is 5.92. The molecule has 1 unspecified atom stereocenters. The van der Waals surface area contributed by atoms with Crippen LogP contribution in [0.15, 0.2) is 54.4 Å². The van der Waals surface area contributed by atoms with Crippen molar-refractivity contribution in [2.24, 2.45) is 0 Å². The second-order valence-corrected chi connectivity index (χ2v) is 8.10. The molecule has 1 aromatic heterocycles. The summed E-state index contributed by atoms with van der Waals surface area (Å²) in [6.45, 7) is 6.53. The minimum Gasteiger partial charge on any atom is -0.507 e. The van der Waals surface area contributed by atoms with E-state index in [1.165, 1.54) is 0 Å². The molecular formula is C25H29N3O5. The number of aliphatic hydroxyl groups is 1. The zero-order chi connectivity index (χ0) is 23.2. The monoisotopic (exact) mass is 451 g/mol. The SMILES string of the molecule is CCCOc1ccc(C2C(=C(O)c3ccncc3)C(=O)C(=O)N2CCN2CCOCC2)cc1. The average molecular weight is 452 g/mol. The highest BCUT2D eigenvalue weighted by atomic mass is 16.5. The summed E-state index contributed by atoms with van der Waals surface area (Å²) in [6.07, 6.45) is 3.98. The van der Waals surface area contributed by atoms with E-state index in [0.717, 1.165) is 30.8 Å². The molecule has 3 heterocycles. The Hall–Kier alpha value is -3.23. The van der Waals surface area contributed by atoms with Crippen molar-refractivity contribution >= 4 is 17.4 Å². The van der Waals surface area contributed by atoms with Crippen LogP contribution >= 0.6 is 0 Å². The van der Waals surface area contributed by atoms with Crippen molar-refractivity contribution in [1.82, 2.24) is 14.8 Å². The Morgan fingerprint density at radius 1 is 1.09 bits per heavy atom. The molecule has 4 rings (SSSR count). The van der Waals surface area contributed by atoms with E-state index >= 15 is 0 Å². The van der Waals surface area contributed by atoms with Gasteiger partial charge in [0.1, 0.15) is 11.5 Å². The fourth-order valence-electron chi connectivity index (χ4n) is 4.16. The van der Waals surface area contributed by atoms with Crippen LogP contribution in [0.5, 0.6) is 5.75 Å². The number of hydrogen-bond donors (Lipinski definition) is 1. The second kappa shape index (κ2) is 10.6. The maximum Gasteiger partial charge on any atom is 0.295 e. The first-order chi connectivity index (χ1) is 16.1. The quantitative estimate of drug-likeness (QED) is 0.375. The first kappa shape index (κ1) is 22.9. The molecule has 1 aromatic carbocycles. The minimum atomic E-state index is -0.681. The Morgan fingerprint density at radius 2 is 1.79 bits per heavy atom. The molecule has 2 aliphatic rings. The molecule has 0 radical (unpaired) electrons. The van der Waals surface area contributed by atoms with Gasteiger partial charge in [0.05, 0.1) is 31.4 Å². The van der Waals surface area contributed by atoms with Crippen LogP contribution in [-0.2, 0) is 14.3 Å². The predicted molar refractivity (Wildman–Crippen MR) is 123 cm³/mol. The third kappa shape index (κ3) is 5.07. The van der Waals surface area contributed by atoms with E-state index in [0.29, 0.717) is 38.5 Å². The maximum absolute atomic E-state index is 13.1. The minimum absolute atomic E-state index is 0.0930. The van der Waals surface area contributed by atoms with Crippen molar-refractivity contribution in [3.63, 3.8) is 0 Å². The highest BCUT2D eigenvalue weighted by molar-refractivity contribution is 6.46. The first-order valence-electron chi connectivity index (χ1n) is 11.3. The average Bonchev–Trinajstić information content (AvgIpc) is 3.12. The van der Waals surface area contributed by atoms with Gasteiger partial charge in [-0.2, -0.15) is 0 Å². The molecule has 2 saturated heterocycles. The molecule has 1 atom stereocenters. The van der Waals surface area contributed by atoms with Crippen molar-refractivity contribution in [2.75, 3.05) is 46.0 Å². The zero-order valence-corrected chi connectivity index (χ0v) is 18.8. The van der Waals surface area contributed by atoms with Crippen LogP contribution in [0, 0.1) is 0 Å². The van der Waals surface area contributed by atoms with Gasteiger partial charge in [0, 0.05) is 44.1 Å². The number of ether oxygens (including phenoxy) is 2. The fourth-order valence-corrected chi connectivity index (χ4v) is 4.16. The van der Waals surface area contributed by atoms with Gasteiger partial charge < -0.3 is 19.5 Å². The highest BCUT2D eigenvalue weighted by Crippen LogP contribution is 2.39. The maximum atomic E-state index is 13.1. The molecule has 2 aliphatic heterocycles. The van der Waals surface area contributed by atoms with E-state index in [4.69, 9.17) is 9.47 Å². The number of hydrogen-bond acceptors (Lipinski definition) is 7. The molecule has 33 heavy (non-hydrogen) atoms. The summed E-state index contributed by atoms with van der Waals surface area (Å²) in [6, 6.07) is 9.93. The summed E-state index contributed by atoms with van der Waals surface area (Å²) >= 11 is 0. The van der Waals surface area contributed by atoms with Crippen LogP contribution < -0.4 is 4.74 Å². The van der Waals surface area contributed by atoms with Crippen LogP contribution in [0.25, 0.3) is 5.76 Å². The molecule has 8 nitrogen and oxygen atoms in total. The van der Waals surface area contributed by atoms with Crippen molar-refractivity contribution in [1.29, 1.82) is 0 Å². The van der Waals surface area contributed by atoms with Crippen molar-refractivity contribution < 1.29 is 24.2 Å². The van der Waals surface area contributed by atoms with Crippen LogP contribution in [-0.4, -0.2) is 77.6 Å². The van der Waals surface area contributed by atoms with E-state index in [1.54, 1.807) is 29.4 Å². The van der Waals surface area contributed by atoms with E-state index in [2.05, 4.69) is 9.88 Å². The number of aliphatic hydroxyl groups excluding tert-OH is 1. The lowest BCUT2D eigenvalue weighted by molar-refractivity contribution is -0.140. The predicted octanol–water partition coefficient (Wildman–Crippen LogP) is 2.62. The molecule has 8 heteroatoms. The lowest BCUT2D eigenvalue weighted by Gasteiger charge is -2.31. The molecule has 2 aromatic rings. The lowest BCUT2D eigenvalue weighted by Crippen LogP contribution is -2.42. The van der Waals surface area contributed by atoms with Gasteiger partial charge in [-0.3, -0.25) is 19.5 Å². The fraction of sp³-hybridized carbons (Fsp3) is 0.400. The summed E-state index contributed by atoms with van der Waals surface area (Å²) in [5.41, 5.74) is 1.29. The number of aromatic nitrogens is 1. The van der Waals surface area contributed by atoms with E-state index in [9.17, 15) is 14.7 Å². The van der Waals surface area contributed by atoms with Crippen LogP contribution in [0.1, 0.15) is 30.5 Å². The molecule has 0 saturated carbocycles. The van der Waals surface area contributed by atoms with Gasteiger partial charge in [-0.05, 0) is 36.2 Å². The number of rotatable bonds is 8. The number of amides is 1. The van der Waals surface area contributed by atoms with Gasteiger partial charge in [-0.15, -0.1) is 0 Å². The number of morpholine rings is 1. The van der Waals surface area contributed by atoms with Crippen molar-refractivity contribution in [2.45, 2.75) is 19.4 Å². The van der Waals surface area contributed by atoms with Gasteiger partial charge in [0.25, 0.3) is 11.7 Å². The van der Waals surface area contributed by atoms with E-state index in [1.807, 2.05) is 31.2 Å². The van der Waals surface area contributed by atoms with E-state index in [-0.39, 0.29) is 11.3 Å². The number of pyridine rings is 1. The second-order valence-electron chi connectivity index (χ2n) is 8.10. The topological polar surface area (TPSA) is 92.2 Å². The largest absolute Gasteiger partial charge is 0.507 e. The Kier molecular flexibility index (Phi) is 7.36. The molecule has 0 bridgehead atoms. The standard InChI is InChI=1S/C25H29N3O5/c1-2-15-33-20-5-3-18(4-6-20)22-21(23(29)19-7-9-26-10-8-19)24(30)25(31)28(22)12-11-27-13-16-32-17-14-27/h3-10,22,29H,2,11-17H2,1H3. The van der Waals surface area contributed by atoms with Gasteiger partial charge in [-0.1, -0.05) is 19.1 Å². The highest BCUT2D eigenvalue weighted by Gasteiger charge is 2.46.